The van der Waals surface area contributed by atoms with Gasteiger partial charge in [-0.25, -0.2) is 0 Å². The van der Waals surface area contributed by atoms with Crippen molar-refractivity contribution >= 4 is 11.4 Å². The van der Waals surface area contributed by atoms with Crippen LogP contribution in [0.25, 0.3) is 0 Å². The number of ether oxygens (including phenoxy) is 2. The van der Waals surface area contributed by atoms with E-state index in [4.69, 9.17) is 9.47 Å². The van der Waals surface area contributed by atoms with E-state index in [2.05, 4.69) is 12.2 Å². The highest BCUT2D eigenvalue weighted by Crippen LogP contribution is 2.23. The third kappa shape index (κ3) is 5.23. The van der Waals surface area contributed by atoms with Gasteiger partial charge in [-0.15, -0.1) is 0 Å². The predicted molar refractivity (Wildman–Crippen MR) is 73.4 cm³/mol. The zero-order valence-electron chi connectivity index (χ0n) is 11.3. The van der Waals surface area contributed by atoms with Crippen molar-refractivity contribution in [2.24, 2.45) is 0 Å². The van der Waals surface area contributed by atoms with Crippen LogP contribution in [0.5, 0.6) is 0 Å². The minimum Gasteiger partial charge on any atom is -0.385 e. The first-order chi connectivity index (χ1) is 9.19. The number of non-ortho nitro benzene ring substituents is 1. The second kappa shape index (κ2) is 8.44. The van der Waals surface area contributed by atoms with E-state index < -0.39 is 4.92 Å². The fourth-order valence-electron chi connectivity index (χ4n) is 1.57. The molecule has 0 amide bonds. The number of nitro groups is 1. The Hall–Kier alpha value is -1.66. The van der Waals surface area contributed by atoms with Gasteiger partial charge in [-0.2, -0.15) is 0 Å². The Bertz CT molecular complexity index is 410. The zero-order valence-corrected chi connectivity index (χ0v) is 11.3. The average molecular weight is 268 g/mol. The van der Waals surface area contributed by atoms with E-state index in [-0.39, 0.29) is 5.69 Å². The third-order valence-electron chi connectivity index (χ3n) is 2.55. The molecule has 0 atom stereocenters. The van der Waals surface area contributed by atoms with Crippen LogP contribution in [-0.2, 0) is 16.1 Å². The standard InChI is InChI=1S/C13H20N2O4/c1-3-6-14-13-5-4-12(15(16)17)9-11(13)10-19-8-7-18-2/h4-5,9,14H,3,6-8,10H2,1-2H3. The van der Waals surface area contributed by atoms with Gasteiger partial charge in [0.2, 0.25) is 0 Å². The summed E-state index contributed by atoms with van der Waals surface area (Å²) in [6.07, 6.45) is 0.987. The molecule has 1 rings (SSSR count). The summed E-state index contributed by atoms with van der Waals surface area (Å²) in [4.78, 5) is 10.4. The van der Waals surface area contributed by atoms with Gasteiger partial charge in [0, 0.05) is 37.0 Å². The molecule has 1 aromatic carbocycles. The van der Waals surface area contributed by atoms with Crippen LogP contribution in [0.3, 0.4) is 0 Å². The normalized spacial score (nSPS) is 10.4. The number of benzene rings is 1. The molecule has 19 heavy (non-hydrogen) atoms. The summed E-state index contributed by atoms with van der Waals surface area (Å²) >= 11 is 0. The summed E-state index contributed by atoms with van der Waals surface area (Å²) in [6.45, 7) is 4.19. The summed E-state index contributed by atoms with van der Waals surface area (Å²) in [7, 11) is 1.60. The molecular formula is C13H20N2O4. The number of hydrogen-bond acceptors (Lipinski definition) is 5. The van der Waals surface area contributed by atoms with Crippen molar-refractivity contribution in [2.45, 2.75) is 20.0 Å². The molecule has 0 aliphatic carbocycles. The number of methoxy groups -OCH3 is 1. The van der Waals surface area contributed by atoms with Gasteiger partial charge >= 0.3 is 0 Å². The van der Waals surface area contributed by atoms with Crippen molar-refractivity contribution in [1.29, 1.82) is 0 Å². The van der Waals surface area contributed by atoms with Crippen LogP contribution in [0.1, 0.15) is 18.9 Å². The summed E-state index contributed by atoms with van der Waals surface area (Å²) in [5.74, 6) is 0. The van der Waals surface area contributed by atoms with Crippen LogP contribution in [-0.4, -0.2) is 31.8 Å². The lowest BCUT2D eigenvalue weighted by Crippen LogP contribution is -2.07. The lowest BCUT2D eigenvalue weighted by molar-refractivity contribution is -0.384. The van der Waals surface area contributed by atoms with Crippen LogP contribution in [0.15, 0.2) is 18.2 Å². The average Bonchev–Trinajstić information content (AvgIpc) is 2.41. The van der Waals surface area contributed by atoms with Gasteiger partial charge in [-0.3, -0.25) is 10.1 Å². The number of nitrogens with one attached hydrogen (secondary N) is 1. The van der Waals surface area contributed by atoms with Crippen molar-refractivity contribution in [3.63, 3.8) is 0 Å². The van der Waals surface area contributed by atoms with Crippen LogP contribution in [0, 0.1) is 10.1 Å². The molecule has 1 aromatic rings. The molecule has 6 heteroatoms. The highest BCUT2D eigenvalue weighted by Gasteiger charge is 2.10. The Balaban J connectivity index is 2.75. The number of hydrogen-bond donors (Lipinski definition) is 1. The molecule has 0 radical (unpaired) electrons. The molecule has 0 aliphatic heterocycles. The first-order valence-electron chi connectivity index (χ1n) is 6.27. The van der Waals surface area contributed by atoms with Crippen LogP contribution < -0.4 is 5.32 Å². The van der Waals surface area contributed by atoms with E-state index in [1.165, 1.54) is 6.07 Å². The summed E-state index contributed by atoms with van der Waals surface area (Å²) in [5.41, 5.74) is 1.75. The number of nitro benzene ring substituents is 1. The molecule has 106 valence electrons. The van der Waals surface area contributed by atoms with Gasteiger partial charge in [-0.1, -0.05) is 6.92 Å². The maximum Gasteiger partial charge on any atom is 0.269 e. The van der Waals surface area contributed by atoms with E-state index in [9.17, 15) is 10.1 Å². The van der Waals surface area contributed by atoms with Crippen molar-refractivity contribution in [2.75, 3.05) is 32.2 Å². The maximum absolute atomic E-state index is 10.8. The predicted octanol–water partition coefficient (Wildman–Crippen LogP) is 2.58. The summed E-state index contributed by atoms with van der Waals surface area (Å²) < 4.78 is 10.3. The minimum absolute atomic E-state index is 0.0763. The first-order valence-corrected chi connectivity index (χ1v) is 6.27. The Labute approximate surface area is 112 Å². The largest absolute Gasteiger partial charge is 0.385 e. The molecule has 0 fully saturated rings. The van der Waals surface area contributed by atoms with Crippen molar-refractivity contribution in [3.8, 4) is 0 Å². The fourth-order valence-corrected chi connectivity index (χ4v) is 1.57. The molecule has 0 aromatic heterocycles. The van der Waals surface area contributed by atoms with Crippen molar-refractivity contribution < 1.29 is 14.4 Å². The van der Waals surface area contributed by atoms with E-state index in [1.807, 2.05) is 0 Å². The van der Waals surface area contributed by atoms with Gasteiger partial charge in [-0.05, 0) is 12.5 Å². The molecule has 0 spiro atoms. The second-order valence-corrected chi connectivity index (χ2v) is 4.07. The van der Waals surface area contributed by atoms with E-state index in [0.717, 1.165) is 24.2 Å². The van der Waals surface area contributed by atoms with Gasteiger partial charge in [0.05, 0.1) is 24.7 Å². The Morgan fingerprint density at radius 3 is 2.79 bits per heavy atom. The number of rotatable bonds is 9. The Kier molecular flexibility index (Phi) is 6.84. The third-order valence-corrected chi connectivity index (χ3v) is 2.55. The zero-order chi connectivity index (χ0) is 14.1. The fraction of sp³-hybridized carbons (Fsp3) is 0.538. The smallest absolute Gasteiger partial charge is 0.269 e. The molecule has 1 N–H and O–H groups in total. The van der Waals surface area contributed by atoms with Gasteiger partial charge in [0.1, 0.15) is 0 Å². The molecule has 6 nitrogen and oxygen atoms in total. The lowest BCUT2D eigenvalue weighted by atomic mass is 10.1. The number of nitrogens with zero attached hydrogens (tertiary/aromatic N) is 1. The molecule has 0 saturated carbocycles. The topological polar surface area (TPSA) is 73.6 Å². The first kappa shape index (κ1) is 15.4. The minimum atomic E-state index is -0.401. The Morgan fingerprint density at radius 2 is 2.16 bits per heavy atom. The molecule has 0 heterocycles. The highest BCUT2D eigenvalue weighted by atomic mass is 16.6. The monoisotopic (exact) mass is 268 g/mol. The number of anilines is 1. The molecule has 0 aliphatic rings. The van der Waals surface area contributed by atoms with Gasteiger partial charge < -0.3 is 14.8 Å². The van der Waals surface area contributed by atoms with E-state index in [0.29, 0.717) is 19.8 Å². The maximum atomic E-state index is 10.8. The summed E-state index contributed by atoms with van der Waals surface area (Å²) in [6, 6.07) is 4.77. The van der Waals surface area contributed by atoms with Crippen molar-refractivity contribution in [1.82, 2.24) is 0 Å². The van der Waals surface area contributed by atoms with Crippen LogP contribution in [0.2, 0.25) is 0 Å². The highest BCUT2D eigenvalue weighted by molar-refractivity contribution is 5.55. The summed E-state index contributed by atoms with van der Waals surface area (Å²) in [5, 5.41) is 14.0. The quantitative estimate of drug-likeness (QED) is 0.423. The SMILES string of the molecule is CCCNc1ccc([N+](=O)[O-])cc1COCCOC. The van der Waals surface area contributed by atoms with Gasteiger partial charge in [0.25, 0.3) is 5.69 Å². The second-order valence-electron chi connectivity index (χ2n) is 4.07. The Morgan fingerprint density at radius 1 is 1.37 bits per heavy atom. The van der Waals surface area contributed by atoms with Crippen LogP contribution in [0.4, 0.5) is 11.4 Å². The van der Waals surface area contributed by atoms with Crippen LogP contribution >= 0.6 is 0 Å². The molecule has 0 saturated heterocycles. The lowest BCUT2D eigenvalue weighted by Gasteiger charge is -2.11. The van der Waals surface area contributed by atoms with Gasteiger partial charge in [0.15, 0.2) is 0 Å². The molecule has 0 bridgehead atoms. The molecule has 0 unspecified atom stereocenters. The van der Waals surface area contributed by atoms with E-state index >= 15 is 0 Å². The molecular weight excluding hydrogens is 248 g/mol. The van der Waals surface area contributed by atoms with Crippen molar-refractivity contribution in [3.05, 3.63) is 33.9 Å². The van der Waals surface area contributed by atoms with E-state index in [1.54, 1.807) is 19.2 Å².